The van der Waals surface area contributed by atoms with Crippen LogP contribution in [0.15, 0.2) is 12.1 Å². The molecular weight excluding hydrogens is 266 g/mol. The summed E-state index contributed by atoms with van der Waals surface area (Å²) in [6, 6.07) is 4.43. The molecule has 0 amide bonds. The number of rotatable bonds is 5. The van der Waals surface area contributed by atoms with E-state index in [1.54, 1.807) is 0 Å². The first-order chi connectivity index (χ1) is 9.47. The summed E-state index contributed by atoms with van der Waals surface area (Å²) in [7, 11) is 1.99. The summed E-state index contributed by atoms with van der Waals surface area (Å²) < 4.78 is 6.34. The molecule has 1 aromatic rings. The largest absolute Gasteiger partial charge is 0.372 e. The highest BCUT2D eigenvalue weighted by atomic mass is 32.1. The van der Waals surface area contributed by atoms with Crippen molar-refractivity contribution in [2.45, 2.75) is 59.3 Å². The number of nitrogens with one attached hydrogen (secondary N) is 1. The van der Waals surface area contributed by atoms with Gasteiger partial charge in [-0.25, -0.2) is 0 Å². The van der Waals surface area contributed by atoms with Crippen LogP contribution in [0, 0.1) is 16.7 Å². The van der Waals surface area contributed by atoms with Crippen molar-refractivity contribution in [2.24, 2.45) is 16.7 Å². The van der Waals surface area contributed by atoms with Gasteiger partial charge in [-0.15, -0.1) is 11.3 Å². The van der Waals surface area contributed by atoms with Crippen molar-refractivity contribution < 1.29 is 4.74 Å². The van der Waals surface area contributed by atoms with Crippen LogP contribution in [-0.4, -0.2) is 13.2 Å². The van der Waals surface area contributed by atoms with Gasteiger partial charge in [-0.05, 0) is 55.2 Å². The molecular formula is C17H27NOS. The minimum Gasteiger partial charge on any atom is -0.372 e. The zero-order chi connectivity index (χ0) is 14.4. The van der Waals surface area contributed by atoms with Crippen LogP contribution in [-0.2, 0) is 17.9 Å². The van der Waals surface area contributed by atoms with E-state index in [4.69, 9.17) is 4.74 Å². The van der Waals surface area contributed by atoms with Gasteiger partial charge in [-0.2, -0.15) is 0 Å². The maximum Gasteiger partial charge on any atom is 0.0813 e. The van der Waals surface area contributed by atoms with Crippen LogP contribution in [0.3, 0.4) is 0 Å². The van der Waals surface area contributed by atoms with Gasteiger partial charge in [0.05, 0.1) is 12.7 Å². The lowest BCUT2D eigenvalue weighted by Gasteiger charge is -2.38. The van der Waals surface area contributed by atoms with Gasteiger partial charge in [0.2, 0.25) is 0 Å². The van der Waals surface area contributed by atoms with Crippen LogP contribution in [0.25, 0.3) is 0 Å². The molecule has 3 atom stereocenters. The molecule has 3 heteroatoms. The van der Waals surface area contributed by atoms with Crippen LogP contribution in [0.1, 0.15) is 49.8 Å². The van der Waals surface area contributed by atoms with Crippen molar-refractivity contribution in [3.05, 3.63) is 21.9 Å². The molecule has 112 valence electrons. The second-order valence-corrected chi connectivity index (χ2v) is 8.56. The van der Waals surface area contributed by atoms with E-state index in [1.807, 2.05) is 18.4 Å². The molecule has 2 fully saturated rings. The number of ether oxygens (including phenoxy) is 1. The summed E-state index contributed by atoms with van der Waals surface area (Å²) in [5, 5.41) is 3.20. The van der Waals surface area contributed by atoms with Gasteiger partial charge in [0.1, 0.15) is 0 Å². The van der Waals surface area contributed by atoms with Crippen LogP contribution in [0.5, 0.6) is 0 Å². The van der Waals surface area contributed by atoms with Crippen molar-refractivity contribution in [3.8, 4) is 0 Å². The summed E-state index contributed by atoms with van der Waals surface area (Å²) in [5.41, 5.74) is 0.827. The van der Waals surface area contributed by atoms with Crippen LogP contribution >= 0.6 is 11.3 Å². The lowest BCUT2D eigenvalue weighted by molar-refractivity contribution is -0.0541. The van der Waals surface area contributed by atoms with Crippen molar-refractivity contribution >= 4 is 11.3 Å². The fourth-order valence-electron chi connectivity index (χ4n) is 4.33. The van der Waals surface area contributed by atoms with E-state index in [2.05, 4.69) is 38.2 Å². The fraction of sp³-hybridized carbons (Fsp3) is 0.765. The fourth-order valence-corrected chi connectivity index (χ4v) is 5.29. The number of hydrogen-bond acceptors (Lipinski definition) is 3. The van der Waals surface area contributed by atoms with Gasteiger partial charge in [0.25, 0.3) is 0 Å². The van der Waals surface area contributed by atoms with Gasteiger partial charge in [0, 0.05) is 16.3 Å². The molecule has 2 aliphatic carbocycles. The average molecular weight is 293 g/mol. The maximum absolute atomic E-state index is 6.34. The molecule has 0 aromatic carbocycles. The minimum atomic E-state index is 0.378. The Hall–Kier alpha value is -0.380. The highest BCUT2D eigenvalue weighted by Gasteiger charge is 2.61. The Morgan fingerprint density at radius 3 is 2.65 bits per heavy atom. The summed E-state index contributed by atoms with van der Waals surface area (Å²) in [6.45, 7) is 9.10. The zero-order valence-electron chi connectivity index (χ0n) is 13.2. The first-order valence-corrected chi connectivity index (χ1v) is 8.63. The molecule has 0 spiro atoms. The predicted molar refractivity (Wildman–Crippen MR) is 84.9 cm³/mol. The van der Waals surface area contributed by atoms with Crippen LogP contribution < -0.4 is 5.32 Å². The lowest BCUT2D eigenvalue weighted by Crippen LogP contribution is -2.37. The number of fused-ring (bicyclic) bond motifs is 2. The van der Waals surface area contributed by atoms with E-state index in [0.29, 0.717) is 16.9 Å². The smallest absolute Gasteiger partial charge is 0.0813 e. The monoisotopic (exact) mass is 293 g/mol. The third-order valence-corrected chi connectivity index (χ3v) is 7.27. The molecule has 20 heavy (non-hydrogen) atoms. The Morgan fingerprint density at radius 2 is 2.05 bits per heavy atom. The standard InChI is InChI=1S/C17H27NOS/c1-16(2)12-7-8-17(16,3)15(9-12)19-11-14-6-5-13(20-14)10-18-4/h5-6,12,15,18H,7-11H2,1-4H3. The molecule has 0 saturated heterocycles. The Balaban J connectivity index is 1.62. The second-order valence-electron chi connectivity index (χ2n) is 7.31. The van der Waals surface area contributed by atoms with Gasteiger partial charge >= 0.3 is 0 Å². The number of hydrogen-bond donors (Lipinski definition) is 1. The molecule has 1 N–H and O–H groups in total. The van der Waals surface area contributed by atoms with Gasteiger partial charge in [0.15, 0.2) is 0 Å². The summed E-state index contributed by atoms with van der Waals surface area (Å²) in [6.07, 6.45) is 4.45. The highest BCUT2D eigenvalue weighted by molar-refractivity contribution is 7.11. The normalized spacial score (nSPS) is 34.8. The maximum atomic E-state index is 6.34. The first kappa shape index (κ1) is 14.6. The predicted octanol–water partition coefficient (Wildman–Crippen LogP) is 4.20. The summed E-state index contributed by atoms with van der Waals surface area (Å²) >= 11 is 1.87. The molecule has 0 aliphatic heterocycles. The van der Waals surface area contributed by atoms with Crippen molar-refractivity contribution in [1.29, 1.82) is 0 Å². The van der Waals surface area contributed by atoms with Crippen molar-refractivity contribution in [1.82, 2.24) is 5.32 Å². The lowest BCUT2D eigenvalue weighted by atomic mass is 9.70. The van der Waals surface area contributed by atoms with Crippen LogP contribution in [0.2, 0.25) is 0 Å². The Morgan fingerprint density at radius 1 is 1.30 bits per heavy atom. The zero-order valence-corrected chi connectivity index (χ0v) is 14.0. The molecule has 2 saturated carbocycles. The molecule has 0 radical (unpaired) electrons. The van der Waals surface area contributed by atoms with E-state index >= 15 is 0 Å². The van der Waals surface area contributed by atoms with Crippen molar-refractivity contribution in [3.63, 3.8) is 0 Å². The van der Waals surface area contributed by atoms with Crippen molar-refractivity contribution in [2.75, 3.05) is 7.05 Å². The molecule has 2 bridgehead atoms. The minimum absolute atomic E-state index is 0.378. The van der Waals surface area contributed by atoms with E-state index in [9.17, 15) is 0 Å². The molecule has 2 nitrogen and oxygen atoms in total. The van der Waals surface area contributed by atoms with E-state index in [-0.39, 0.29) is 0 Å². The Bertz CT molecular complexity index is 481. The van der Waals surface area contributed by atoms with E-state index in [0.717, 1.165) is 19.1 Å². The average Bonchev–Trinajstić information content (AvgIpc) is 2.98. The van der Waals surface area contributed by atoms with Gasteiger partial charge in [-0.1, -0.05) is 20.8 Å². The second kappa shape index (κ2) is 5.11. The number of thiophene rings is 1. The molecule has 1 aromatic heterocycles. The highest BCUT2D eigenvalue weighted by Crippen LogP contribution is 2.66. The third-order valence-electron chi connectivity index (χ3n) is 6.21. The Kier molecular flexibility index (Phi) is 3.72. The molecule has 3 unspecified atom stereocenters. The third kappa shape index (κ3) is 2.15. The topological polar surface area (TPSA) is 21.3 Å². The van der Waals surface area contributed by atoms with E-state index in [1.165, 1.54) is 29.0 Å². The molecule has 3 rings (SSSR count). The summed E-state index contributed by atoms with van der Waals surface area (Å²) in [4.78, 5) is 2.75. The molecule has 1 heterocycles. The quantitative estimate of drug-likeness (QED) is 0.878. The summed E-state index contributed by atoms with van der Waals surface area (Å²) in [5.74, 6) is 0.862. The van der Waals surface area contributed by atoms with E-state index < -0.39 is 0 Å². The Labute approximate surface area is 126 Å². The van der Waals surface area contributed by atoms with Crippen LogP contribution in [0.4, 0.5) is 0 Å². The molecule has 2 aliphatic rings. The van der Waals surface area contributed by atoms with Gasteiger partial charge in [-0.3, -0.25) is 0 Å². The SMILES string of the molecule is CNCc1ccc(COC2CC3CCC2(C)C3(C)C)s1. The van der Waals surface area contributed by atoms with Gasteiger partial charge < -0.3 is 10.1 Å². The first-order valence-electron chi connectivity index (χ1n) is 7.81.